The van der Waals surface area contributed by atoms with Gasteiger partial charge < -0.3 is 5.21 Å². The monoisotopic (exact) mass is 337 g/mol. The number of benzene rings is 2. The summed E-state index contributed by atoms with van der Waals surface area (Å²) in [7, 11) is 1.46. The van der Waals surface area contributed by atoms with Crippen LogP contribution in [0.5, 0.6) is 0 Å². The highest BCUT2D eigenvalue weighted by atomic mass is 16.5. The van der Waals surface area contributed by atoms with Crippen LogP contribution in [0.4, 0.5) is 11.4 Å². The van der Waals surface area contributed by atoms with E-state index >= 15 is 0 Å². The van der Waals surface area contributed by atoms with E-state index in [9.17, 15) is 14.8 Å². The van der Waals surface area contributed by atoms with E-state index in [4.69, 9.17) is 0 Å². The highest BCUT2D eigenvalue weighted by Crippen LogP contribution is 2.35. The molecule has 1 saturated heterocycles. The fourth-order valence-corrected chi connectivity index (χ4v) is 2.90. The molecule has 0 unspecified atom stereocenters. The number of azo groups is 1. The van der Waals surface area contributed by atoms with Crippen molar-refractivity contribution in [1.82, 2.24) is 4.90 Å². The predicted molar refractivity (Wildman–Crippen MR) is 92.9 cm³/mol. The predicted octanol–water partition coefficient (Wildman–Crippen LogP) is 3.70. The molecule has 6 nitrogen and oxygen atoms in total. The Labute approximate surface area is 146 Å². The van der Waals surface area contributed by atoms with Gasteiger partial charge in [-0.1, -0.05) is 29.3 Å². The Bertz CT molecular complexity index is 872. The minimum Gasteiger partial charge on any atom is -0.594 e. The zero-order valence-electron chi connectivity index (χ0n) is 14.4. The molecule has 2 amide bonds. The summed E-state index contributed by atoms with van der Waals surface area (Å²) in [6.45, 7) is 3.83. The molecule has 0 spiro atoms. The van der Waals surface area contributed by atoms with Gasteiger partial charge in [-0.2, -0.15) is 0 Å². The molecule has 6 heteroatoms. The molecule has 2 aromatic rings. The lowest BCUT2D eigenvalue weighted by Gasteiger charge is -2.12. The normalized spacial score (nSPS) is 18.1. The summed E-state index contributed by atoms with van der Waals surface area (Å²) < 4.78 is 0. The molecule has 1 fully saturated rings. The van der Waals surface area contributed by atoms with Crippen molar-refractivity contribution in [2.24, 2.45) is 5.11 Å². The Morgan fingerprint density at radius 3 is 2.32 bits per heavy atom. The summed E-state index contributed by atoms with van der Waals surface area (Å²) >= 11 is 0. The van der Waals surface area contributed by atoms with Gasteiger partial charge in [0, 0.05) is 30.2 Å². The number of aryl methyl sites for hydroxylation is 2. The first kappa shape index (κ1) is 16.8. The maximum absolute atomic E-state index is 12.6. The maximum atomic E-state index is 12.6. The SMILES string of the molecule is Cc1ccc(N=[N+]([O-])c2ccc(C)cc2[C@@H]2CC(=O)N(C)C2=O)cc1. The number of hydrogen-bond acceptors (Lipinski definition) is 4. The molecule has 1 aliphatic heterocycles. The Morgan fingerprint density at radius 2 is 1.72 bits per heavy atom. The molecule has 0 bridgehead atoms. The number of carbonyl (C=O) groups excluding carboxylic acids is 2. The van der Waals surface area contributed by atoms with Gasteiger partial charge in [0.25, 0.3) is 0 Å². The summed E-state index contributed by atoms with van der Waals surface area (Å²) in [5, 5.41) is 16.7. The summed E-state index contributed by atoms with van der Waals surface area (Å²) in [6, 6.07) is 12.5. The molecule has 2 aromatic carbocycles. The van der Waals surface area contributed by atoms with E-state index in [0.29, 0.717) is 16.1 Å². The number of carbonyl (C=O) groups is 2. The van der Waals surface area contributed by atoms with E-state index < -0.39 is 5.92 Å². The van der Waals surface area contributed by atoms with Gasteiger partial charge in [-0.3, -0.25) is 14.5 Å². The van der Waals surface area contributed by atoms with E-state index in [1.54, 1.807) is 30.3 Å². The molecular formula is C19H19N3O3. The van der Waals surface area contributed by atoms with Gasteiger partial charge in [-0.15, -0.1) is 0 Å². The van der Waals surface area contributed by atoms with Crippen molar-refractivity contribution in [3.8, 4) is 0 Å². The number of likely N-dealkylation sites (N-methyl/N-ethyl adjacent to an activating group) is 1. The summed E-state index contributed by atoms with van der Waals surface area (Å²) in [4.78, 5) is 25.8. The van der Waals surface area contributed by atoms with Gasteiger partial charge in [0.1, 0.15) is 5.69 Å². The fourth-order valence-electron chi connectivity index (χ4n) is 2.90. The summed E-state index contributed by atoms with van der Waals surface area (Å²) in [6.07, 6.45) is 0.0736. The van der Waals surface area contributed by atoms with Crippen LogP contribution in [-0.2, 0) is 9.59 Å². The molecule has 3 rings (SSSR count). The van der Waals surface area contributed by atoms with Gasteiger partial charge in [0.05, 0.1) is 5.92 Å². The third-order valence-corrected chi connectivity index (χ3v) is 4.39. The zero-order valence-corrected chi connectivity index (χ0v) is 14.4. The Kier molecular flexibility index (Phi) is 4.35. The number of likely N-dealkylation sites (tertiary alicyclic amines) is 1. The van der Waals surface area contributed by atoms with Gasteiger partial charge >= 0.3 is 0 Å². The number of imide groups is 1. The zero-order chi connectivity index (χ0) is 18.1. The van der Waals surface area contributed by atoms with E-state index in [1.165, 1.54) is 7.05 Å². The standard InChI is InChI=1S/C19H19N3O3/c1-12-4-7-14(8-5-12)20-22(25)17-9-6-13(2)10-15(17)16-11-18(23)21(3)19(16)24/h4-10,16H,11H2,1-3H3/t16-/m0/s1. The van der Waals surface area contributed by atoms with Gasteiger partial charge in [-0.25, -0.2) is 0 Å². The summed E-state index contributed by atoms with van der Waals surface area (Å²) in [5.41, 5.74) is 3.34. The van der Waals surface area contributed by atoms with Crippen molar-refractivity contribution in [3.05, 3.63) is 64.4 Å². The lowest BCUT2D eigenvalue weighted by atomic mass is 9.94. The van der Waals surface area contributed by atoms with Crippen LogP contribution in [0.15, 0.2) is 47.6 Å². The average molecular weight is 337 g/mol. The van der Waals surface area contributed by atoms with Crippen LogP contribution in [0.25, 0.3) is 0 Å². The smallest absolute Gasteiger partial charge is 0.248 e. The van der Waals surface area contributed by atoms with Gasteiger partial charge in [0.15, 0.2) is 0 Å². The third-order valence-electron chi connectivity index (χ3n) is 4.39. The molecule has 1 atom stereocenters. The largest absolute Gasteiger partial charge is 0.594 e. The lowest BCUT2D eigenvalue weighted by Crippen LogP contribution is -2.25. The van der Waals surface area contributed by atoms with Crippen LogP contribution in [0.3, 0.4) is 0 Å². The molecule has 0 aliphatic carbocycles. The van der Waals surface area contributed by atoms with Crippen molar-refractivity contribution >= 4 is 23.2 Å². The molecule has 0 saturated carbocycles. The van der Waals surface area contributed by atoms with E-state index in [2.05, 4.69) is 5.11 Å². The molecule has 0 N–H and O–H groups in total. The highest BCUT2D eigenvalue weighted by molar-refractivity contribution is 6.06. The van der Waals surface area contributed by atoms with Crippen molar-refractivity contribution in [2.75, 3.05) is 7.05 Å². The molecule has 0 radical (unpaired) electrons. The first-order valence-corrected chi connectivity index (χ1v) is 8.03. The van der Waals surface area contributed by atoms with Crippen LogP contribution in [0.2, 0.25) is 0 Å². The lowest BCUT2D eigenvalue weighted by molar-refractivity contribution is -0.436. The summed E-state index contributed by atoms with van der Waals surface area (Å²) in [5.74, 6) is -1.17. The minimum absolute atomic E-state index is 0.0736. The van der Waals surface area contributed by atoms with Crippen LogP contribution in [-0.4, -0.2) is 28.6 Å². The molecular weight excluding hydrogens is 318 g/mol. The number of amides is 2. The number of nitrogens with zero attached hydrogens (tertiary/aromatic N) is 3. The number of rotatable bonds is 3. The molecule has 0 aromatic heterocycles. The van der Waals surface area contributed by atoms with Crippen LogP contribution in [0, 0.1) is 19.1 Å². The fraction of sp³-hybridized carbons (Fsp3) is 0.263. The van der Waals surface area contributed by atoms with Crippen molar-refractivity contribution in [3.63, 3.8) is 0 Å². The van der Waals surface area contributed by atoms with E-state index in [-0.39, 0.29) is 23.9 Å². The van der Waals surface area contributed by atoms with Crippen LogP contribution in [0.1, 0.15) is 29.0 Å². The molecule has 25 heavy (non-hydrogen) atoms. The van der Waals surface area contributed by atoms with Crippen molar-refractivity contribution in [1.29, 1.82) is 0 Å². The van der Waals surface area contributed by atoms with Crippen LogP contribution >= 0.6 is 0 Å². The van der Waals surface area contributed by atoms with Gasteiger partial charge in [0.2, 0.25) is 17.5 Å². The first-order valence-electron chi connectivity index (χ1n) is 8.03. The molecule has 1 heterocycles. The van der Waals surface area contributed by atoms with E-state index in [0.717, 1.165) is 16.0 Å². The Balaban J connectivity index is 2.03. The number of hydrogen-bond donors (Lipinski definition) is 0. The molecule has 128 valence electrons. The van der Waals surface area contributed by atoms with E-state index in [1.807, 2.05) is 26.0 Å². The third kappa shape index (κ3) is 3.28. The van der Waals surface area contributed by atoms with Gasteiger partial charge in [-0.05, 0) is 36.9 Å². The minimum atomic E-state index is -0.642. The first-order chi connectivity index (χ1) is 11.9. The topological polar surface area (TPSA) is 75.8 Å². The van der Waals surface area contributed by atoms with Crippen molar-refractivity contribution in [2.45, 2.75) is 26.2 Å². The second kappa shape index (κ2) is 6.47. The average Bonchev–Trinajstić information content (AvgIpc) is 2.84. The maximum Gasteiger partial charge on any atom is 0.248 e. The quantitative estimate of drug-likeness (QED) is 0.371. The Hall–Kier alpha value is -3.02. The highest BCUT2D eigenvalue weighted by Gasteiger charge is 2.39. The van der Waals surface area contributed by atoms with Crippen molar-refractivity contribution < 1.29 is 14.4 Å². The molecule has 1 aliphatic rings. The Morgan fingerprint density at radius 1 is 1.08 bits per heavy atom. The van der Waals surface area contributed by atoms with Crippen LogP contribution < -0.4 is 0 Å². The second-order valence-corrected chi connectivity index (χ2v) is 6.32. The second-order valence-electron chi connectivity index (χ2n) is 6.32.